The van der Waals surface area contributed by atoms with Crippen LogP contribution >= 0.6 is 23.1 Å². The normalized spacial score (nSPS) is 12.1. The first-order valence-corrected chi connectivity index (χ1v) is 9.92. The number of thiazole rings is 1. The lowest BCUT2D eigenvalue weighted by Gasteiger charge is -2.16. The average Bonchev–Trinajstić information content (AvgIpc) is 3.00. The van der Waals surface area contributed by atoms with Crippen molar-refractivity contribution in [1.82, 2.24) is 15.6 Å². The summed E-state index contributed by atoms with van der Waals surface area (Å²) < 4.78 is 1.84. The van der Waals surface area contributed by atoms with Gasteiger partial charge in [-0.3, -0.25) is 9.59 Å². The van der Waals surface area contributed by atoms with Crippen LogP contribution in [0.1, 0.15) is 20.3 Å². The molecule has 26 heavy (non-hydrogen) atoms. The molecule has 0 radical (unpaired) electrons. The summed E-state index contributed by atoms with van der Waals surface area (Å²) in [6, 6.07) is 6.78. The van der Waals surface area contributed by atoms with Gasteiger partial charge in [0, 0.05) is 0 Å². The molecule has 0 aliphatic heterocycles. The molecule has 0 saturated heterocycles. The van der Waals surface area contributed by atoms with E-state index in [1.54, 1.807) is 0 Å². The summed E-state index contributed by atoms with van der Waals surface area (Å²) in [6.45, 7) is 3.51. The van der Waals surface area contributed by atoms with E-state index >= 15 is 0 Å². The SMILES string of the molecule is CC(C)C[C@H](NC(=O)CNC(=O)CSc1nc2ccccc2s1)C(=O)O. The van der Waals surface area contributed by atoms with Gasteiger partial charge >= 0.3 is 5.97 Å². The third kappa shape index (κ3) is 6.30. The number of carbonyl (C=O) groups is 3. The minimum Gasteiger partial charge on any atom is -0.480 e. The number of carboxylic acids is 1. The molecule has 0 aliphatic carbocycles. The zero-order chi connectivity index (χ0) is 19.1. The van der Waals surface area contributed by atoms with Crippen molar-refractivity contribution in [2.75, 3.05) is 12.3 Å². The van der Waals surface area contributed by atoms with Gasteiger partial charge in [-0.2, -0.15) is 0 Å². The summed E-state index contributed by atoms with van der Waals surface area (Å²) in [7, 11) is 0. The number of hydrogen-bond donors (Lipinski definition) is 3. The Balaban J connectivity index is 1.75. The lowest BCUT2D eigenvalue weighted by Crippen LogP contribution is -2.46. The van der Waals surface area contributed by atoms with Crippen molar-refractivity contribution in [2.24, 2.45) is 5.92 Å². The second kappa shape index (κ2) is 9.54. The maximum absolute atomic E-state index is 11.9. The molecular formula is C17H21N3O4S2. The van der Waals surface area contributed by atoms with Crippen LogP contribution in [0.2, 0.25) is 0 Å². The van der Waals surface area contributed by atoms with E-state index in [1.165, 1.54) is 23.1 Å². The molecule has 2 amide bonds. The summed E-state index contributed by atoms with van der Waals surface area (Å²) in [4.78, 5) is 39.3. The zero-order valence-electron chi connectivity index (χ0n) is 14.5. The lowest BCUT2D eigenvalue weighted by molar-refractivity contribution is -0.142. The van der Waals surface area contributed by atoms with E-state index in [-0.39, 0.29) is 24.1 Å². The third-order valence-corrected chi connectivity index (χ3v) is 5.57. The van der Waals surface area contributed by atoms with Gasteiger partial charge in [-0.05, 0) is 24.5 Å². The first-order chi connectivity index (χ1) is 12.3. The summed E-state index contributed by atoms with van der Waals surface area (Å²) >= 11 is 2.81. The van der Waals surface area contributed by atoms with Crippen LogP contribution in [0.5, 0.6) is 0 Å². The second-order valence-electron chi connectivity index (χ2n) is 6.10. The fourth-order valence-corrected chi connectivity index (χ4v) is 4.11. The van der Waals surface area contributed by atoms with E-state index in [0.29, 0.717) is 6.42 Å². The highest BCUT2D eigenvalue weighted by molar-refractivity contribution is 8.01. The number of para-hydroxylation sites is 1. The number of aliphatic carboxylic acids is 1. The van der Waals surface area contributed by atoms with Gasteiger partial charge in [0.2, 0.25) is 11.8 Å². The number of rotatable bonds is 9. The Kier molecular flexibility index (Phi) is 7.40. The number of fused-ring (bicyclic) bond motifs is 1. The van der Waals surface area contributed by atoms with E-state index in [1.807, 2.05) is 38.1 Å². The van der Waals surface area contributed by atoms with Crippen LogP contribution in [0.25, 0.3) is 10.2 Å². The summed E-state index contributed by atoms with van der Waals surface area (Å²) in [5.74, 6) is -1.63. The largest absolute Gasteiger partial charge is 0.480 e. The van der Waals surface area contributed by atoms with Gasteiger partial charge in [0.1, 0.15) is 6.04 Å². The number of aromatic nitrogens is 1. The Morgan fingerprint density at radius 3 is 2.62 bits per heavy atom. The Hall–Kier alpha value is -2.13. The standard InChI is InChI=1S/C17H21N3O4S2/c1-10(2)7-12(16(23)24)19-14(21)8-18-15(22)9-25-17-20-11-5-3-4-6-13(11)26-17/h3-6,10,12H,7-9H2,1-2H3,(H,18,22)(H,19,21)(H,23,24)/t12-/m0/s1. The van der Waals surface area contributed by atoms with E-state index in [9.17, 15) is 14.4 Å². The van der Waals surface area contributed by atoms with Crippen molar-refractivity contribution < 1.29 is 19.5 Å². The number of carboxylic acid groups (broad SMARTS) is 1. The topological polar surface area (TPSA) is 108 Å². The van der Waals surface area contributed by atoms with Gasteiger partial charge < -0.3 is 15.7 Å². The predicted octanol–water partition coefficient (Wildman–Crippen LogP) is 2.12. The van der Waals surface area contributed by atoms with Crippen LogP contribution in [0.4, 0.5) is 0 Å². The molecule has 7 nitrogen and oxygen atoms in total. The molecule has 2 rings (SSSR count). The highest BCUT2D eigenvalue weighted by Gasteiger charge is 2.21. The van der Waals surface area contributed by atoms with Crippen LogP contribution in [-0.4, -0.2) is 46.2 Å². The summed E-state index contributed by atoms with van der Waals surface area (Å²) in [5.41, 5.74) is 0.893. The Bertz CT molecular complexity index is 758. The predicted molar refractivity (Wildman–Crippen MR) is 102 cm³/mol. The fourth-order valence-electron chi connectivity index (χ4n) is 2.21. The first-order valence-electron chi connectivity index (χ1n) is 8.12. The molecule has 0 unspecified atom stereocenters. The molecule has 140 valence electrons. The van der Waals surface area contributed by atoms with Crippen LogP contribution in [0.15, 0.2) is 28.6 Å². The van der Waals surface area contributed by atoms with Gasteiger partial charge in [0.15, 0.2) is 4.34 Å². The third-order valence-electron chi connectivity index (χ3n) is 3.39. The number of amides is 2. The summed E-state index contributed by atoms with van der Waals surface area (Å²) in [6.07, 6.45) is 0.336. The monoisotopic (exact) mass is 395 g/mol. The summed E-state index contributed by atoms with van der Waals surface area (Å²) in [5, 5.41) is 14.0. The average molecular weight is 396 g/mol. The number of nitrogens with zero attached hydrogens (tertiary/aromatic N) is 1. The van der Waals surface area contributed by atoms with Gasteiger partial charge in [0.25, 0.3) is 0 Å². The van der Waals surface area contributed by atoms with Crippen LogP contribution in [0, 0.1) is 5.92 Å². The highest BCUT2D eigenvalue weighted by Crippen LogP contribution is 2.28. The van der Waals surface area contributed by atoms with E-state index < -0.39 is 17.9 Å². The first kappa shape index (κ1) is 20.2. The number of carbonyl (C=O) groups excluding carboxylic acids is 2. The van der Waals surface area contributed by atoms with Crippen molar-refractivity contribution in [3.63, 3.8) is 0 Å². The zero-order valence-corrected chi connectivity index (χ0v) is 16.2. The molecule has 1 aromatic heterocycles. The molecule has 9 heteroatoms. The van der Waals surface area contributed by atoms with Gasteiger partial charge in [-0.15, -0.1) is 11.3 Å². The molecule has 1 aromatic carbocycles. The number of hydrogen-bond acceptors (Lipinski definition) is 6. The maximum Gasteiger partial charge on any atom is 0.326 e. The molecule has 3 N–H and O–H groups in total. The van der Waals surface area contributed by atoms with Crippen LogP contribution in [-0.2, 0) is 14.4 Å². The number of thioether (sulfide) groups is 1. The molecule has 0 fully saturated rings. The van der Waals surface area contributed by atoms with Crippen molar-refractivity contribution in [3.05, 3.63) is 24.3 Å². The van der Waals surface area contributed by atoms with E-state index in [0.717, 1.165) is 14.6 Å². The van der Waals surface area contributed by atoms with E-state index in [4.69, 9.17) is 5.11 Å². The van der Waals surface area contributed by atoms with Gasteiger partial charge in [-0.1, -0.05) is 37.7 Å². The quantitative estimate of drug-likeness (QED) is 0.561. The molecule has 1 atom stereocenters. The van der Waals surface area contributed by atoms with Crippen molar-refractivity contribution in [3.8, 4) is 0 Å². The molecule has 1 heterocycles. The fraction of sp³-hybridized carbons (Fsp3) is 0.412. The molecular weight excluding hydrogens is 374 g/mol. The molecule has 0 saturated carbocycles. The maximum atomic E-state index is 11.9. The van der Waals surface area contributed by atoms with E-state index in [2.05, 4.69) is 15.6 Å². The van der Waals surface area contributed by atoms with Gasteiger partial charge in [0.05, 0.1) is 22.5 Å². The van der Waals surface area contributed by atoms with Crippen molar-refractivity contribution in [1.29, 1.82) is 0 Å². The van der Waals surface area contributed by atoms with Crippen molar-refractivity contribution in [2.45, 2.75) is 30.6 Å². The molecule has 0 bridgehead atoms. The smallest absolute Gasteiger partial charge is 0.326 e. The Morgan fingerprint density at radius 1 is 1.23 bits per heavy atom. The molecule has 0 spiro atoms. The van der Waals surface area contributed by atoms with Crippen molar-refractivity contribution >= 4 is 51.1 Å². The Morgan fingerprint density at radius 2 is 1.96 bits per heavy atom. The molecule has 2 aromatic rings. The van der Waals surface area contributed by atoms with Gasteiger partial charge in [-0.25, -0.2) is 9.78 Å². The second-order valence-corrected chi connectivity index (χ2v) is 8.35. The Labute approximate surface area is 159 Å². The molecule has 0 aliphatic rings. The number of nitrogens with one attached hydrogen (secondary N) is 2. The minimum atomic E-state index is -1.08. The highest BCUT2D eigenvalue weighted by atomic mass is 32.2. The minimum absolute atomic E-state index is 0.135. The van der Waals surface area contributed by atoms with Crippen LogP contribution in [0.3, 0.4) is 0 Å². The lowest BCUT2D eigenvalue weighted by atomic mass is 10.0. The van der Waals surface area contributed by atoms with Crippen LogP contribution < -0.4 is 10.6 Å². The number of benzene rings is 1.